The molecule has 0 aliphatic carbocycles. The summed E-state index contributed by atoms with van der Waals surface area (Å²) >= 11 is 0. The summed E-state index contributed by atoms with van der Waals surface area (Å²) in [5, 5.41) is 0. The third-order valence-electron chi connectivity index (χ3n) is 0. The topological polar surface area (TPSA) is 0 Å². The SMILES string of the molecule is [BH3-].[CH2-]CC.[CH2-]CC.[Ni+2]. The van der Waals surface area contributed by atoms with E-state index in [0.29, 0.717) is 0 Å². The first-order valence-corrected chi connectivity index (χ1v) is 2.41. The quantitative estimate of drug-likeness (QED) is 0.368. The number of hydrogen-bond acceptors (Lipinski definition) is 0. The van der Waals surface area contributed by atoms with Crippen molar-refractivity contribution in [2.45, 2.75) is 26.7 Å². The minimum Gasteiger partial charge on any atom is -0.344 e. The molecule has 0 bridgehead atoms. The van der Waals surface area contributed by atoms with Gasteiger partial charge < -0.3 is 13.8 Å². The van der Waals surface area contributed by atoms with Crippen molar-refractivity contribution in [3.05, 3.63) is 13.8 Å². The first-order chi connectivity index (χ1) is 2.83. The normalized spacial score (nSPS) is 4.50. The molecule has 0 amide bonds. The van der Waals surface area contributed by atoms with Gasteiger partial charge in [0.1, 0.15) is 0 Å². The van der Waals surface area contributed by atoms with Gasteiger partial charge in [0.25, 0.3) is 0 Å². The Kier molecular flexibility index (Phi) is 146. The Morgan fingerprint density at radius 1 is 1.00 bits per heavy atom. The van der Waals surface area contributed by atoms with E-state index in [1.807, 2.05) is 13.8 Å². The number of rotatable bonds is 0. The van der Waals surface area contributed by atoms with Gasteiger partial charge in [-0.15, -0.1) is 0 Å². The van der Waals surface area contributed by atoms with Crippen LogP contribution in [0.25, 0.3) is 0 Å². The van der Waals surface area contributed by atoms with Crippen molar-refractivity contribution in [3.8, 4) is 0 Å². The van der Waals surface area contributed by atoms with Crippen LogP contribution >= 0.6 is 0 Å². The monoisotopic (exact) mass is 158 g/mol. The Morgan fingerprint density at radius 2 is 1.00 bits per heavy atom. The maximum atomic E-state index is 3.49. The third kappa shape index (κ3) is 650. The molecule has 8 heavy (non-hydrogen) atoms. The van der Waals surface area contributed by atoms with Gasteiger partial charge >= 0.3 is 16.5 Å². The van der Waals surface area contributed by atoms with E-state index in [9.17, 15) is 0 Å². The summed E-state index contributed by atoms with van der Waals surface area (Å²) in [6, 6.07) is 0. The van der Waals surface area contributed by atoms with Gasteiger partial charge in [-0.05, 0) is 0 Å². The van der Waals surface area contributed by atoms with Crippen molar-refractivity contribution in [1.82, 2.24) is 0 Å². The average Bonchev–Trinajstić information content (AvgIpc) is 1.39. The predicted molar refractivity (Wildman–Crippen MR) is 41.2 cm³/mol. The van der Waals surface area contributed by atoms with Crippen LogP contribution in [0.1, 0.15) is 26.7 Å². The van der Waals surface area contributed by atoms with Gasteiger partial charge in [-0.3, -0.25) is 0 Å². The molecule has 0 saturated heterocycles. The summed E-state index contributed by atoms with van der Waals surface area (Å²) in [7, 11) is 0. The molecule has 2 heteroatoms. The zero-order valence-electron chi connectivity index (χ0n) is 5.14. The van der Waals surface area contributed by atoms with Crippen LogP contribution < -0.4 is 0 Å². The Labute approximate surface area is 65.9 Å². The van der Waals surface area contributed by atoms with E-state index < -0.39 is 0 Å². The molecule has 1 radical (unpaired) electrons. The molecule has 0 rings (SSSR count). The Hall–Kier alpha value is 0.558. The molecule has 0 saturated carbocycles. The maximum Gasteiger partial charge on any atom is 2.00 e. The molecule has 0 aromatic carbocycles. The molecule has 0 heterocycles. The summed E-state index contributed by atoms with van der Waals surface area (Å²) in [5.74, 6) is 0. The van der Waals surface area contributed by atoms with Crippen molar-refractivity contribution >= 4 is 8.41 Å². The fourth-order valence-corrected chi connectivity index (χ4v) is 0. The van der Waals surface area contributed by atoms with Crippen LogP contribution in [0.3, 0.4) is 0 Å². The van der Waals surface area contributed by atoms with Crippen LogP contribution in [0.5, 0.6) is 0 Å². The van der Waals surface area contributed by atoms with Crippen LogP contribution in [-0.4, -0.2) is 8.41 Å². The molecule has 0 aliphatic heterocycles. The Bertz CT molecular complexity index is 10.5. The maximum absolute atomic E-state index is 3.49. The third-order valence-corrected chi connectivity index (χ3v) is 0. The zero-order valence-corrected chi connectivity index (χ0v) is 6.13. The Balaban J connectivity index is -0.0000000160. The summed E-state index contributed by atoms with van der Waals surface area (Å²) in [6.45, 7) is 11.0. The van der Waals surface area contributed by atoms with Crippen LogP contribution in [-0.2, 0) is 16.5 Å². The van der Waals surface area contributed by atoms with Gasteiger partial charge in [-0.25, -0.2) is 0 Å². The van der Waals surface area contributed by atoms with Gasteiger partial charge in [0, 0.05) is 0 Å². The van der Waals surface area contributed by atoms with Crippen LogP contribution in [0.4, 0.5) is 0 Å². The fraction of sp³-hybridized carbons (Fsp3) is 0.667. The van der Waals surface area contributed by atoms with Crippen molar-refractivity contribution in [2.24, 2.45) is 0 Å². The fourth-order valence-electron chi connectivity index (χ4n) is 0. The van der Waals surface area contributed by atoms with Gasteiger partial charge in [-0.1, -0.05) is 13.8 Å². The minimum absolute atomic E-state index is 0. The first-order valence-electron chi connectivity index (χ1n) is 2.41. The first kappa shape index (κ1) is 23.5. The van der Waals surface area contributed by atoms with Crippen molar-refractivity contribution in [3.63, 3.8) is 0 Å². The molecular weight excluding hydrogens is 142 g/mol. The van der Waals surface area contributed by atoms with E-state index in [2.05, 4.69) is 13.8 Å². The molecule has 55 valence electrons. The standard InChI is InChI=1S/2C3H7.BH3.Ni/c2*1-3-2;;/h2*1,3H2,2H3;1H3;/q3*-1;+2. The minimum atomic E-state index is 0. The van der Waals surface area contributed by atoms with Gasteiger partial charge in [0.05, 0.1) is 0 Å². The van der Waals surface area contributed by atoms with Gasteiger partial charge in [0.2, 0.25) is 0 Å². The van der Waals surface area contributed by atoms with Crippen molar-refractivity contribution in [1.29, 1.82) is 0 Å². The van der Waals surface area contributed by atoms with Crippen molar-refractivity contribution in [2.75, 3.05) is 0 Å². The second-order valence-electron chi connectivity index (χ2n) is 1.000. The molecule has 0 aromatic heterocycles. The molecule has 0 unspecified atom stereocenters. The molecule has 0 aromatic rings. The molecule has 0 aliphatic rings. The van der Waals surface area contributed by atoms with Crippen molar-refractivity contribution < 1.29 is 16.5 Å². The zero-order chi connectivity index (χ0) is 5.41. The second kappa shape index (κ2) is 49.7. The van der Waals surface area contributed by atoms with Crippen LogP contribution in [0, 0.1) is 13.8 Å². The number of hydrogen-bond donors (Lipinski definition) is 0. The van der Waals surface area contributed by atoms with Crippen LogP contribution in [0.15, 0.2) is 0 Å². The van der Waals surface area contributed by atoms with E-state index in [4.69, 9.17) is 0 Å². The van der Waals surface area contributed by atoms with Gasteiger partial charge in [0.15, 0.2) is 0 Å². The van der Waals surface area contributed by atoms with Crippen LogP contribution in [0.2, 0.25) is 0 Å². The van der Waals surface area contributed by atoms with E-state index in [-0.39, 0.29) is 24.9 Å². The predicted octanol–water partition coefficient (Wildman–Crippen LogP) is 1.27. The molecule has 0 nitrogen and oxygen atoms in total. The molecular formula is C6H17BNi-. The summed E-state index contributed by atoms with van der Waals surface area (Å²) < 4.78 is 0. The molecule has 0 atom stereocenters. The van der Waals surface area contributed by atoms with Gasteiger partial charge in [-0.2, -0.15) is 21.3 Å². The summed E-state index contributed by atoms with van der Waals surface area (Å²) in [6.07, 6.45) is 2.00. The Morgan fingerprint density at radius 3 is 1.00 bits per heavy atom. The van der Waals surface area contributed by atoms with E-state index in [0.717, 1.165) is 12.8 Å². The van der Waals surface area contributed by atoms with E-state index in [1.54, 1.807) is 0 Å². The average molecular weight is 159 g/mol. The largest absolute Gasteiger partial charge is 2.00 e. The second-order valence-corrected chi connectivity index (χ2v) is 1.000. The summed E-state index contributed by atoms with van der Waals surface area (Å²) in [4.78, 5) is 0. The molecule has 0 N–H and O–H groups in total. The summed E-state index contributed by atoms with van der Waals surface area (Å²) in [5.41, 5.74) is 0. The van der Waals surface area contributed by atoms with E-state index in [1.165, 1.54) is 0 Å². The smallest absolute Gasteiger partial charge is 0.344 e. The van der Waals surface area contributed by atoms with E-state index >= 15 is 0 Å². The molecule has 0 fully saturated rings. The molecule has 0 spiro atoms.